The highest BCUT2D eigenvalue weighted by atomic mass is 32.2. The van der Waals surface area contributed by atoms with E-state index in [1.807, 2.05) is 4.72 Å². The van der Waals surface area contributed by atoms with E-state index in [1.165, 1.54) is 13.8 Å². The van der Waals surface area contributed by atoms with Gasteiger partial charge in [0.25, 0.3) is 5.91 Å². The predicted molar refractivity (Wildman–Crippen MR) is 109 cm³/mol. The van der Waals surface area contributed by atoms with Gasteiger partial charge < -0.3 is 25.6 Å². The number of ether oxygens (including phenoxy) is 1. The number of sulfonamides is 1. The molecule has 5 N–H and O–H groups in total. The minimum Gasteiger partial charge on any atom is -0.482 e. The summed E-state index contributed by atoms with van der Waals surface area (Å²) in [6.07, 6.45) is -0.949. The van der Waals surface area contributed by atoms with E-state index in [0.717, 1.165) is 0 Å². The molecule has 0 spiro atoms. The number of aliphatic carboxylic acids is 2. The third kappa shape index (κ3) is 10.4. The Bertz CT molecular complexity index is 918. The van der Waals surface area contributed by atoms with Gasteiger partial charge >= 0.3 is 11.9 Å². The topological polar surface area (TPSA) is 188 Å². The van der Waals surface area contributed by atoms with Crippen molar-refractivity contribution in [1.29, 1.82) is 0 Å². The lowest BCUT2D eigenvalue weighted by Gasteiger charge is -2.18. The molecule has 13 heteroatoms. The second kappa shape index (κ2) is 11.9. The lowest BCUT2D eigenvalue weighted by Crippen LogP contribution is -2.47. The van der Waals surface area contributed by atoms with Gasteiger partial charge in [0.1, 0.15) is 11.8 Å². The second-order valence-electron chi connectivity index (χ2n) is 6.66. The highest BCUT2D eigenvalue weighted by Gasteiger charge is 2.26. The molecule has 1 rings (SSSR count). The Balaban J connectivity index is 2.60. The Labute approximate surface area is 179 Å². The molecule has 0 heterocycles. The number of anilines is 1. The fraction of sp³-hybridized carbons (Fsp3) is 0.444. The molecule has 0 aliphatic carbocycles. The third-order valence-corrected chi connectivity index (χ3v) is 5.28. The van der Waals surface area contributed by atoms with Crippen LogP contribution in [0, 0.1) is 0 Å². The zero-order valence-corrected chi connectivity index (χ0v) is 17.8. The Kier molecular flexibility index (Phi) is 9.89. The first kappa shape index (κ1) is 25.8. The van der Waals surface area contributed by atoms with E-state index >= 15 is 0 Å². The number of benzene rings is 1. The van der Waals surface area contributed by atoms with Gasteiger partial charge in [0.05, 0.1) is 11.4 Å². The van der Waals surface area contributed by atoms with E-state index < -0.39 is 65.2 Å². The average Bonchev–Trinajstić information content (AvgIpc) is 2.63. The third-order valence-electron chi connectivity index (χ3n) is 3.70. The van der Waals surface area contributed by atoms with E-state index in [4.69, 9.17) is 14.9 Å². The Hall–Kier alpha value is -3.19. The molecule has 0 unspecified atom stereocenters. The smallest absolute Gasteiger partial charge is 0.321 e. The summed E-state index contributed by atoms with van der Waals surface area (Å²) in [6, 6.07) is 3.94. The van der Waals surface area contributed by atoms with E-state index in [-0.39, 0.29) is 11.7 Å². The van der Waals surface area contributed by atoms with E-state index in [0.29, 0.717) is 5.69 Å². The number of para-hydroxylation sites is 2. The summed E-state index contributed by atoms with van der Waals surface area (Å²) < 4.78 is 31.6. The quantitative estimate of drug-likeness (QED) is 0.265. The van der Waals surface area contributed by atoms with Crippen molar-refractivity contribution in [2.75, 3.05) is 17.7 Å². The lowest BCUT2D eigenvalue weighted by atomic mass is 10.2. The second-order valence-corrected chi connectivity index (χ2v) is 8.46. The fourth-order valence-corrected chi connectivity index (χ4v) is 3.97. The zero-order chi connectivity index (χ0) is 23.6. The molecule has 0 aromatic heterocycles. The molecule has 0 saturated carbocycles. The van der Waals surface area contributed by atoms with E-state index in [2.05, 4.69) is 10.6 Å². The first-order valence-corrected chi connectivity index (χ1v) is 10.8. The summed E-state index contributed by atoms with van der Waals surface area (Å²) in [7, 11) is -4.13. The Morgan fingerprint density at radius 2 is 1.77 bits per heavy atom. The summed E-state index contributed by atoms with van der Waals surface area (Å²) in [5.41, 5.74) is 0.365. The van der Waals surface area contributed by atoms with Crippen LogP contribution in [0.25, 0.3) is 0 Å². The molecule has 0 bridgehead atoms. The molecular weight excluding hydrogens is 434 g/mol. The molecule has 1 aromatic rings. The molecule has 12 nitrogen and oxygen atoms in total. The standard InChI is InChI=1S/C18H25N3O9S/c1-11(10-31(28,29)21-14(18(26)27)7-8-17(24)25)19-16(23)9-30-15-6-4-3-5-13(15)20-12(2)22/h3-6,11,14,21H,7-10H2,1-2H3,(H,19,23)(H,20,22)(H,24,25)(H,26,27)/t11-,14+/m0/s1. The zero-order valence-electron chi connectivity index (χ0n) is 17.0. The molecular formula is C18H25N3O9S. The summed E-state index contributed by atoms with van der Waals surface area (Å²) in [5.74, 6) is -4.11. The van der Waals surface area contributed by atoms with Crippen molar-refractivity contribution in [2.45, 2.75) is 38.8 Å². The van der Waals surface area contributed by atoms with Gasteiger partial charge in [-0.3, -0.25) is 19.2 Å². The van der Waals surface area contributed by atoms with E-state index in [9.17, 15) is 27.6 Å². The maximum atomic E-state index is 12.2. The molecule has 0 fully saturated rings. The van der Waals surface area contributed by atoms with Crippen LogP contribution < -0.4 is 20.1 Å². The van der Waals surface area contributed by atoms with Crippen LogP contribution in [0.3, 0.4) is 0 Å². The molecule has 2 amide bonds. The van der Waals surface area contributed by atoms with Gasteiger partial charge in [0, 0.05) is 19.4 Å². The van der Waals surface area contributed by atoms with Crippen molar-refractivity contribution in [3.05, 3.63) is 24.3 Å². The van der Waals surface area contributed by atoms with Crippen molar-refractivity contribution in [3.8, 4) is 5.75 Å². The molecule has 31 heavy (non-hydrogen) atoms. The molecule has 1 aromatic carbocycles. The van der Waals surface area contributed by atoms with E-state index in [1.54, 1.807) is 24.3 Å². The monoisotopic (exact) mass is 459 g/mol. The summed E-state index contributed by atoms with van der Waals surface area (Å²) in [4.78, 5) is 45.0. The Morgan fingerprint density at radius 1 is 1.13 bits per heavy atom. The van der Waals surface area contributed by atoms with Crippen LogP contribution in [0.1, 0.15) is 26.7 Å². The highest BCUT2D eigenvalue weighted by Crippen LogP contribution is 2.23. The predicted octanol–water partition coefficient (Wildman–Crippen LogP) is -0.234. The number of nitrogens with one attached hydrogen (secondary N) is 3. The number of carboxylic acids is 2. The normalized spacial score (nSPS) is 13.0. The largest absolute Gasteiger partial charge is 0.482 e. The lowest BCUT2D eigenvalue weighted by molar-refractivity contribution is -0.140. The van der Waals surface area contributed by atoms with Gasteiger partial charge in [-0.05, 0) is 25.5 Å². The molecule has 2 atom stereocenters. The molecule has 0 saturated heterocycles. The summed E-state index contributed by atoms with van der Waals surface area (Å²) in [5, 5.41) is 22.6. The van der Waals surface area contributed by atoms with Crippen LogP contribution in [0.4, 0.5) is 5.69 Å². The highest BCUT2D eigenvalue weighted by molar-refractivity contribution is 7.89. The molecule has 0 aliphatic rings. The average molecular weight is 459 g/mol. The van der Waals surface area contributed by atoms with Crippen molar-refractivity contribution in [2.24, 2.45) is 0 Å². The van der Waals surface area contributed by atoms with Crippen LogP contribution >= 0.6 is 0 Å². The summed E-state index contributed by atoms with van der Waals surface area (Å²) in [6.45, 7) is 2.26. The van der Waals surface area contributed by atoms with Crippen LogP contribution in [0.5, 0.6) is 5.75 Å². The maximum Gasteiger partial charge on any atom is 0.321 e. The number of hydrogen-bond acceptors (Lipinski definition) is 7. The van der Waals surface area contributed by atoms with Crippen LogP contribution in [0.2, 0.25) is 0 Å². The van der Waals surface area contributed by atoms with Crippen LogP contribution in [-0.4, -0.2) is 66.8 Å². The number of amides is 2. The van der Waals surface area contributed by atoms with Gasteiger partial charge in [0.15, 0.2) is 6.61 Å². The van der Waals surface area contributed by atoms with Gasteiger partial charge in [0.2, 0.25) is 15.9 Å². The first-order chi connectivity index (χ1) is 14.4. The van der Waals surface area contributed by atoms with Gasteiger partial charge in [-0.1, -0.05) is 12.1 Å². The van der Waals surface area contributed by atoms with Crippen LogP contribution in [-0.2, 0) is 29.2 Å². The maximum absolute atomic E-state index is 12.2. The van der Waals surface area contributed by atoms with Gasteiger partial charge in [-0.15, -0.1) is 0 Å². The SMILES string of the molecule is CC(=O)Nc1ccccc1OCC(=O)N[C@@H](C)CS(=O)(=O)N[C@H](CCC(=O)O)C(=O)O. The molecule has 172 valence electrons. The number of carbonyl (C=O) groups is 4. The Morgan fingerprint density at radius 3 is 2.35 bits per heavy atom. The summed E-state index contributed by atoms with van der Waals surface area (Å²) >= 11 is 0. The first-order valence-electron chi connectivity index (χ1n) is 9.13. The van der Waals surface area contributed by atoms with Crippen molar-refractivity contribution < 1.29 is 42.5 Å². The minimum atomic E-state index is -4.13. The molecule has 0 aliphatic heterocycles. The number of hydrogen-bond donors (Lipinski definition) is 5. The van der Waals surface area contributed by atoms with Crippen molar-refractivity contribution in [1.82, 2.24) is 10.0 Å². The molecule has 0 radical (unpaired) electrons. The van der Waals surface area contributed by atoms with Crippen molar-refractivity contribution in [3.63, 3.8) is 0 Å². The minimum absolute atomic E-state index is 0.248. The van der Waals surface area contributed by atoms with Crippen molar-refractivity contribution >= 4 is 39.5 Å². The number of carboxylic acid groups (broad SMARTS) is 2. The number of rotatable bonds is 13. The van der Waals surface area contributed by atoms with Crippen LogP contribution in [0.15, 0.2) is 24.3 Å². The van der Waals surface area contributed by atoms with Gasteiger partial charge in [-0.2, -0.15) is 0 Å². The fourth-order valence-electron chi connectivity index (χ4n) is 2.48. The number of carbonyl (C=O) groups excluding carboxylic acids is 2. The van der Waals surface area contributed by atoms with Gasteiger partial charge in [-0.25, -0.2) is 13.1 Å².